The van der Waals surface area contributed by atoms with Gasteiger partial charge in [-0.2, -0.15) is 8.42 Å². The monoisotopic (exact) mass is 587 g/mol. The fraction of sp³-hybridized carbons (Fsp3) is 0.650. The average Bonchev–Trinajstić information content (AvgIpc) is 2.75. The number of thioether (sulfide) groups is 2. The van der Waals surface area contributed by atoms with Crippen molar-refractivity contribution in [2.24, 2.45) is 5.16 Å². The van der Waals surface area contributed by atoms with E-state index in [9.17, 15) is 27.6 Å². The molecule has 1 saturated heterocycles. The van der Waals surface area contributed by atoms with Crippen LogP contribution >= 0.6 is 23.5 Å². The summed E-state index contributed by atoms with van der Waals surface area (Å²) >= 11 is 2.17. The van der Waals surface area contributed by atoms with Gasteiger partial charge in [0.1, 0.15) is 23.2 Å². The van der Waals surface area contributed by atoms with Crippen LogP contribution in [0.25, 0.3) is 0 Å². The molecule has 0 unspecified atom stereocenters. The molecule has 1 N–H and O–H groups in total. The van der Waals surface area contributed by atoms with E-state index in [-0.39, 0.29) is 11.5 Å². The lowest BCUT2D eigenvalue weighted by Crippen LogP contribution is -2.61. The zero-order valence-electron chi connectivity index (χ0n) is 20.7. The van der Waals surface area contributed by atoms with E-state index in [2.05, 4.69) is 9.44 Å². The normalized spacial score (nSPS) is 24.3. The first-order valence-corrected chi connectivity index (χ1v) is 14.1. The zero-order chi connectivity index (χ0) is 28.2. The number of hydrogen-bond donors (Lipinski definition) is 1. The highest BCUT2D eigenvalue weighted by molar-refractivity contribution is 8.14. The van der Waals surface area contributed by atoms with Crippen molar-refractivity contribution in [2.75, 3.05) is 12.9 Å². The van der Waals surface area contributed by atoms with Gasteiger partial charge in [0, 0.05) is 34.1 Å². The van der Waals surface area contributed by atoms with E-state index in [1.165, 1.54) is 11.8 Å². The summed E-state index contributed by atoms with van der Waals surface area (Å²) < 4.78 is 62.2. The van der Waals surface area contributed by atoms with Crippen LogP contribution in [0.4, 0.5) is 0 Å². The maximum absolute atomic E-state index is 11.9. The summed E-state index contributed by atoms with van der Waals surface area (Å²) in [6.45, 7) is 3.97. The average molecular weight is 588 g/mol. The van der Waals surface area contributed by atoms with Gasteiger partial charge in [-0.05, 0) is 18.1 Å². The number of carbonyl (C=O) groups excluding carboxylic acids is 4. The van der Waals surface area contributed by atoms with Crippen molar-refractivity contribution in [3.63, 3.8) is 0 Å². The van der Waals surface area contributed by atoms with E-state index in [1.54, 1.807) is 11.5 Å². The van der Waals surface area contributed by atoms with Gasteiger partial charge in [0.2, 0.25) is 0 Å². The molecule has 5 atom stereocenters. The Morgan fingerprint density at radius 3 is 2.03 bits per heavy atom. The Morgan fingerprint density at radius 1 is 0.946 bits per heavy atom. The van der Waals surface area contributed by atoms with Gasteiger partial charge in [0.05, 0.1) is 0 Å². The molecule has 14 nitrogen and oxygen atoms in total. The van der Waals surface area contributed by atoms with Gasteiger partial charge in [-0.15, -0.1) is 11.8 Å². The summed E-state index contributed by atoms with van der Waals surface area (Å²) in [6.07, 6.45) is -1.26. The van der Waals surface area contributed by atoms with E-state index in [1.807, 2.05) is 6.26 Å². The summed E-state index contributed by atoms with van der Waals surface area (Å²) in [5.74, 6) is -3.06. The Hall–Kier alpha value is -2.34. The molecule has 0 radical (unpaired) electrons. The number of esters is 4. The Balaban J connectivity index is 3.47. The molecule has 0 spiro atoms. The Labute approximate surface area is 222 Å². The first-order valence-electron chi connectivity index (χ1n) is 10.6. The molecule has 1 aliphatic rings. The molecule has 0 aromatic carbocycles. The summed E-state index contributed by atoms with van der Waals surface area (Å²) in [5, 5.41) is 5.22. The van der Waals surface area contributed by atoms with E-state index >= 15 is 0 Å². The van der Waals surface area contributed by atoms with Gasteiger partial charge in [-0.25, -0.2) is 4.28 Å². The summed E-state index contributed by atoms with van der Waals surface area (Å²) in [6, 6.07) is 0. The fourth-order valence-electron chi connectivity index (χ4n) is 3.00. The van der Waals surface area contributed by atoms with Crippen LogP contribution in [-0.4, -0.2) is 84.6 Å². The highest BCUT2D eigenvalue weighted by Crippen LogP contribution is 2.35. The number of allylic oxidation sites excluding steroid dienone is 1. The third-order valence-electron chi connectivity index (χ3n) is 4.19. The van der Waals surface area contributed by atoms with Crippen LogP contribution in [0.1, 0.15) is 40.5 Å². The molecule has 0 aromatic heterocycles. The second kappa shape index (κ2) is 15.8. The topological polar surface area (TPSA) is 190 Å². The summed E-state index contributed by atoms with van der Waals surface area (Å²) in [7, 11) is -4.94. The molecule has 1 rings (SSSR count). The number of rotatable bonds is 12. The van der Waals surface area contributed by atoms with Gasteiger partial charge in [-0.1, -0.05) is 23.0 Å². The third kappa shape index (κ3) is 13.1. The van der Waals surface area contributed by atoms with Crippen molar-refractivity contribution in [3.05, 3.63) is 11.5 Å². The van der Waals surface area contributed by atoms with Crippen LogP contribution in [0, 0.1) is 0 Å². The molecule has 0 amide bonds. The maximum Gasteiger partial charge on any atom is 0.466 e. The van der Waals surface area contributed by atoms with Gasteiger partial charge >= 0.3 is 34.3 Å². The third-order valence-corrected chi connectivity index (χ3v) is 6.08. The molecular formula is C20H29NO13S3. The van der Waals surface area contributed by atoms with Crippen molar-refractivity contribution in [1.29, 1.82) is 0 Å². The van der Waals surface area contributed by atoms with Crippen molar-refractivity contribution in [3.8, 4) is 0 Å². The second-order valence-electron chi connectivity index (χ2n) is 7.32. The van der Waals surface area contributed by atoms with Crippen LogP contribution in [0.15, 0.2) is 16.6 Å². The van der Waals surface area contributed by atoms with Crippen molar-refractivity contribution in [1.82, 2.24) is 0 Å². The van der Waals surface area contributed by atoms with E-state index < -0.39 is 70.7 Å². The fourth-order valence-corrected chi connectivity index (χ4v) is 4.69. The molecule has 0 aromatic rings. The maximum atomic E-state index is 11.9. The second-order valence-corrected chi connectivity index (χ2v) is 10.2. The molecule has 37 heavy (non-hydrogen) atoms. The standard InChI is InChI=1S/C20H29NO13S3/c1-11(22)29-10-15-17(30-12(2)23)18(31-13(3)24)19(32-14(4)25)20(33-15)36-16(8-6-7-9-35-5)21-34-37(26,27)28/h7,9,15,17-20H,6,8,10H2,1-5H3,(H,26,27,28)/b9-7+,21-16+/t15-,17-,18+,19-,20+/m1/s1. The highest BCUT2D eigenvalue weighted by atomic mass is 32.3. The molecule has 0 saturated carbocycles. The summed E-state index contributed by atoms with van der Waals surface area (Å²) in [4.78, 5) is 47.1. The molecule has 0 aliphatic carbocycles. The molecular weight excluding hydrogens is 558 g/mol. The Kier molecular flexibility index (Phi) is 14.0. The molecule has 1 heterocycles. The van der Waals surface area contributed by atoms with Crippen LogP contribution in [0.3, 0.4) is 0 Å². The SMILES string of the molecule is CS/C=C/CC/C(=N\OS(=O)(=O)O)S[C@@H]1O[C@H](COC(C)=O)[C@@H](OC(C)=O)[C@H](OC(C)=O)[C@H]1OC(C)=O. The molecule has 1 fully saturated rings. The van der Waals surface area contributed by atoms with Crippen molar-refractivity contribution >= 4 is 62.8 Å². The number of nitrogens with zero attached hydrogens (tertiary/aromatic N) is 1. The predicted molar refractivity (Wildman–Crippen MR) is 132 cm³/mol. The van der Waals surface area contributed by atoms with Crippen LogP contribution in [-0.2, 0) is 57.5 Å². The minimum absolute atomic E-state index is 0.00993. The minimum Gasteiger partial charge on any atom is -0.463 e. The largest absolute Gasteiger partial charge is 0.466 e. The van der Waals surface area contributed by atoms with Crippen LogP contribution in [0.5, 0.6) is 0 Å². The highest BCUT2D eigenvalue weighted by Gasteiger charge is 2.52. The van der Waals surface area contributed by atoms with Gasteiger partial charge in [0.15, 0.2) is 18.3 Å². The lowest BCUT2D eigenvalue weighted by atomic mass is 9.99. The number of hydrogen-bond acceptors (Lipinski definition) is 15. The van der Waals surface area contributed by atoms with E-state index in [4.69, 9.17) is 28.2 Å². The lowest BCUT2D eigenvalue weighted by molar-refractivity contribution is -0.237. The van der Waals surface area contributed by atoms with E-state index in [0.717, 1.165) is 39.5 Å². The molecule has 1 aliphatic heterocycles. The van der Waals surface area contributed by atoms with Gasteiger partial charge < -0.3 is 23.7 Å². The number of oxime groups is 1. The zero-order valence-corrected chi connectivity index (χ0v) is 23.1. The smallest absolute Gasteiger partial charge is 0.463 e. The number of carbonyl (C=O) groups is 4. The molecule has 210 valence electrons. The predicted octanol–water partition coefficient (Wildman–Crippen LogP) is 1.59. The Morgan fingerprint density at radius 2 is 1.51 bits per heavy atom. The lowest BCUT2D eigenvalue weighted by Gasteiger charge is -2.44. The first kappa shape index (κ1) is 32.7. The first-order chi connectivity index (χ1) is 17.2. The minimum atomic E-state index is -4.94. The summed E-state index contributed by atoms with van der Waals surface area (Å²) in [5.41, 5.74) is -1.24. The Bertz CT molecular complexity index is 982. The van der Waals surface area contributed by atoms with Crippen molar-refractivity contribution < 1.29 is 60.1 Å². The van der Waals surface area contributed by atoms with Crippen LogP contribution < -0.4 is 0 Å². The van der Waals surface area contributed by atoms with Crippen molar-refractivity contribution in [2.45, 2.75) is 70.4 Å². The molecule has 17 heteroatoms. The molecule has 0 bridgehead atoms. The number of ether oxygens (including phenoxy) is 5. The van der Waals surface area contributed by atoms with E-state index in [0.29, 0.717) is 6.42 Å². The van der Waals surface area contributed by atoms with Gasteiger partial charge in [0.25, 0.3) is 0 Å². The quantitative estimate of drug-likeness (QED) is 0.0864. The van der Waals surface area contributed by atoms with Gasteiger partial charge in [-0.3, -0.25) is 23.7 Å². The van der Waals surface area contributed by atoms with Crippen LogP contribution in [0.2, 0.25) is 0 Å².